The van der Waals surface area contributed by atoms with Gasteiger partial charge in [-0.3, -0.25) is 14.9 Å². The molecule has 0 saturated carbocycles. The zero-order valence-corrected chi connectivity index (χ0v) is 9.94. The van der Waals surface area contributed by atoms with Gasteiger partial charge in [0.05, 0.1) is 11.3 Å². The third-order valence-corrected chi connectivity index (χ3v) is 3.08. The molecule has 0 radical (unpaired) electrons. The maximum Gasteiger partial charge on any atom is 0.303 e. The number of nitro benzene ring substituents is 1. The molecule has 7 nitrogen and oxygen atoms in total. The first-order valence-corrected chi connectivity index (χ1v) is 5.66. The molecule has 7 heteroatoms. The van der Waals surface area contributed by atoms with E-state index in [0.717, 1.165) is 0 Å². The lowest BCUT2D eigenvalue weighted by atomic mass is 9.95. The zero-order valence-electron chi connectivity index (χ0n) is 9.94. The van der Waals surface area contributed by atoms with Gasteiger partial charge in [0.2, 0.25) is 0 Å². The van der Waals surface area contributed by atoms with Crippen LogP contribution >= 0.6 is 0 Å². The third-order valence-electron chi connectivity index (χ3n) is 3.08. The summed E-state index contributed by atoms with van der Waals surface area (Å²) in [7, 11) is 0. The van der Waals surface area contributed by atoms with Gasteiger partial charge in [-0.1, -0.05) is 0 Å². The van der Waals surface area contributed by atoms with Crippen LogP contribution in [0.1, 0.15) is 12.0 Å². The molecule has 0 aromatic heterocycles. The van der Waals surface area contributed by atoms with Crippen LogP contribution in [0.15, 0.2) is 18.2 Å². The molecule has 2 rings (SSSR count). The van der Waals surface area contributed by atoms with Crippen LogP contribution in [-0.2, 0) is 4.79 Å². The van der Waals surface area contributed by atoms with Gasteiger partial charge in [0, 0.05) is 30.8 Å². The van der Waals surface area contributed by atoms with E-state index in [4.69, 9.17) is 10.4 Å². The number of anilines is 1. The molecule has 0 spiro atoms. The van der Waals surface area contributed by atoms with E-state index >= 15 is 0 Å². The Morgan fingerprint density at radius 3 is 2.79 bits per heavy atom. The number of hydrogen-bond donors (Lipinski definition) is 1. The van der Waals surface area contributed by atoms with E-state index < -0.39 is 10.9 Å². The highest BCUT2D eigenvalue weighted by Gasteiger charge is 2.29. The summed E-state index contributed by atoms with van der Waals surface area (Å²) < 4.78 is 0. The number of nitriles is 1. The number of nitrogens with zero attached hydrogens (tertiary/aromatic N) is 3. The average Bonchev–Trinajstić information content (AvgIpc) is 2.32. The van der Waals surface area contributed by atoms with E-state index in [-0.39, 0.29) is 23.6 Å². The van der Waals surface area contributed by atoms with Crippen molar-refractivity contribution in [2.75, 3.05) is 18.0 Å². The minimum atomic E-state index is -0.828. The predicted octanol–water partition coefficient (Wildman–Crippen LogP) is 1.38. The predicted molar refractivity (Wildman–Crippen MR) is 65.8 cm³/mol. The van der Waals surface area contributed by atoms with Gasteiger partial charge in [-0.15, -0.1) is 0 Å². The Bertz CT molecular complexity index is 573. The molecule has 0 aliphatic carbocycles. The van der Waals surface area contributed by atoms with Crippen molar-refractivity contribution in [1.29, 1.82) is 5.26 Å². The van der Waals surface area contributed by atoms with Crippen molar-refractivity contribution in [1.82, 2.24) is 0 Å². The third kappa shape index (κ3) is 2.63. The maximum absolute atomic E-state index is 10.7. The molecule has 0 atom stereocenters. The highest BCUT2D eigenvalue weighted by atomic mass is 16.6. The highest BCUT2D eigenvalue weighted by Crippen LogP contribution is 2.30. The first-order valence-electron chi connectivity index (χ1n) is 5.66. The molecule has 1 aromatic carbocycles. The van der Waals surface area contributed by atoms with Gasteiger partial charge in [-0.2, -0.15) is 5.26 Å². The van der Waals surface area contributed by atoms with E-state index in [1.807, 2.05) is 4.90 Å². The van der Waals surface area contributed by atoms with Gasteiger partial charge in [0.25, 0.3) is 5.69 Å². The lowest BCUT2D eigenvalue weighted by Crippen LogP contribution is -2.47. The van der Waals surface area contributed by atoms with Gasteiger partial charge in [0.1, 0.15) is 11.6 Å². The molecule has 0 amide bonds. The fraction of sp³-hybridized carbons (Fsp3) is 0.333. The minimum Gasteiger partial charge on any atom is -0.481 e. The Hall–Kier alpha value is -2.62. The Balaban J connectivity index is 2.10. The van der Waals surface area contributed by atoms with Crippen molar-refractivity contribution in [2.24, 2.45) is 5.92 Å². The molecule has 1 heterocycles. The second-order valence-corrected chi connectivity index (χ2v) is 4.44. The number of carbonyl (C=O) groups is 1. The van der Waals surface area contributed by atoms with E-state index in [1.54, 1.807) is 12.1 Å². The van der Waals surface area contributed by atoms with Gasteiger partial charge < -0.3 is 10.0 Å². The molecule has 0 bridgehead atoms. The van der Waals surface area contributed by atoms with Crippen molar-refractivity contribution < 1.29 is 14.8 Å². The second-order valence-electron chi connectivity index (χ2n) is 4.44. The number of nitro groups is 1. The van der Waals surface area contributed by atoms with Gasteiger partial charge in [-0.25, -0.2) is 0 Å². The standard InChI is InChI=1S/C12H11N3O4/c13-5-9-4-10(1-2-11(9)15(18)19)14-6-8(7-14)3-12(16)17/h1-2,4,8H,3,6-7H2,(H,16,17). The normalized spacial score (nSPS) is 14.6. The number of rotatable bonds is 4. The highest BCUT2D eigenvalue weighted by molar-refractivity contribution is 5.68. The molecular weight excluding hydrogens is 250 g/mol. The van der Waals surface area contributed by atoms with Crippen molar-refractivity contribution in [3.05, 3.63) is 33.9 Å². The molecule has 1 saturated heterocycles. The fourth-order valence-electron chi connectivity index (χ4n) is 2.13. The van der Waals surface area contributed by atoms with Crippen molar-refractivity contribution in [3.63, 3.8) is 0 Å². The molecule has 98 valence electrons. The lowest BCUT2D eigenvalue weighted by Gasteiger charge is -2.40. The molecule has 1 fully saturated rings. The van der Waals surface area contributed by atoms with Gasteiger partial charge >= 0.3 is 5.97 Å². The molecule has 1 N–H and O–H groups in total. The Morgan fingerprint density at radius 1 is 1.58 bits per heavy atom. The van der Waals surface area contributed by atoms with Crippen molar-refractivity contribution in [2.45, 2.75) is 6.42 Å². The molecular formula is C12H11N3O4. The van der Waals surface area contributed by atoms with Gasteiger partial charge in [-0.05, 0) is 12.1 Å². The van der Waals surface area contributed by atoms with E-state index in [1.165, 1.54) is 12.1 Å². The Labute approximate surface area is 108 Å². The van der Waals surface area contributed by atoms with Crippen LogP contribution in [0.2, 0.25) is 0 Å². The van der Waals surface area contributed by atoms with Gasteiger partial charge in [0.15, 0.2) is 0 Å². The number of benzene rings is 1. The smallest absolute Gasteiger partial charge is 0.303 e. The van der Waals surface area contributed by atoms with Crippen molar-refractivity contribution >= 4 is 17.3 Å². The summed E-state index contributed by atoms with van der Waals surface area (Å²) in [5, 5.41) is 28.2. The second kappa shape index (κ2) is 4.94. The fourth-order valence-corrected chi connectivity index (χ4v) is 2.13. The van der Waals surface area contributed by atoms with E-state index in [9.17, 15) is 14.9 Å². The van der Waals surface area contributed by atoms with Crippen LogP contribution in [0.5, 0.6) is 0 Å². The number of carboxylic acids is 1. The first-order chi connectivity index (χ1) is 9.01. The SMILES string of the molecule is N#Cc1cc(N2CC(CC(=O)O)C2)ccc1[N+](=O)[O-]. The maximum atomic E-state index is 10.7. The summed E-state index contributed by atoms with van der Waals surface area (Å²) in [5.41, 5.74) is 0.516. The summed E-state index contributed by atoms with van der Waals surface area (Å²) in [6.45, 7) is 1.18. The zero-order chi connectivity index (χ0) is 14.0. The Kier molecular flexibility index (Phi) is 3.33. The van der Waals surface area contributed by atoms with Crippen LogP contribution < -0.4 is 4.90 Å². The summed E-state index contributed by atoms with van der Waals surface area (Å²) in [6.07, 6.45) is 0.120. The summed E-state index contributed by atoms with van der Waals surface area (Å²) in [6, 6.07) is 6.15. The van der Waals surface area contributed by atoms with E-state index in [2.05, 4.69) is 0 Å². The minimum absolute atomic E-state index is 0.0178. The average molecular weight is 261 g/mol. The largest absolute Gasteiger partial charge is 0.481 e. The number of hydrogen-bond acceptors (Lipinski definition) is 5. The molecule has 19 heavy (non-hydrogen) atoms. The monoisotopic (exact) mass is 261 g/mol. The van der Waals surface area contributed by atoms with Crippen LogP contribution in [0.25, 0.3) is 0 Å². The molecule has 1 aromatic rings. The van der Waals surface area contributed by atoms with Crippen LogP contribution in [0.4, 0.5) is 11.4 Å². The topological polar surface area (TPSA) is 107 Å². The van der Waals surface area contributed by atoms with E-state index in [0.29, 0.717) is 18.8 Å². The molecule has 1 aliphatic heterocycles. The summed E-state index contributed by atoms with van der Waals surface area (Å²) >= 11 is 0. The number of aliphatic carboxylic acids is 1. The quantitative estimate of drug-likeness (QED) is 0.648. The van der Waals surface area contributed by atoms with Crippen LogP contribution in [-0.4, -0.2) is 29.1 Å². The van der Waals surface area contributed by atoms with Crippen LogP contribution in [0, 0.1) is 27.4 Å². The molecule has 1 aliphatic rings. The summed E-state index contributed by atoms with van der Waals surface area (Å²) in [4.78, 5) is 22.5. The summed E-state index contributed by atoms with van der Waals surface area (Å²) in [5.74, 6) is -0.732. The Morgan fingerprint density at radius 2 is 2.26 bits per heavy atom. The molecule has 0 unspecified atom stereocenters. The lowest BCUT2D eigenvalue weighted by molar-refractivity contribution is -0.385. The first kappa shape index (κ1) is 12.8. The van der Waals surface area contributed by atoms with Crippen molar-refractivity contribution in [3.8, 4) is 6.07 Å². The van der Waals surface area contributed by atoms with Crippen LogP contribution in [0.3, 0.4) is 0 Å². The number of carboxylic acid groups (broad SMARTS) is 1.